The van der Waals surface area contributed by atoms with Crippen LogP contribution >= 0.6 is 25.3 Å². The summed E-state index contributed by atoms with van der Waals surface area (Å²) in [4.78, 5) is 19.9. The average molecular weight is 469 g/mol. The van der Waals surface area contributed by atoms with Gasteiger partial charge in [-0.2, -0.15) is 25.3 Å². The van der Waals surface area contributed by atoms with Crippen LogP contribution in [-0.4, -0.2) is 49.6 Å². The van der Waals surface area contributed by atoms with Crippen LogP contribution in [-0.2, 0) is 37.3 Å². The van der Waals surface area contributed by atoms with E-state index in [-0.39, 0.29) is 39.2 Å². The summed E-state index contributed by atoms with van der Waals surface area (Å²) in [6.07, 6.45) is 0. The van der Waals surface area contributed by atoms with Crippen molar-refractivity contribution in [2.75, 3.05) is 25.6 Å². The second-order valence-electron chi connectivity index (χ2n) is 2.69. The SMILES string of the molecule is CN[C@@H](CS)C(=O)[O-].CN[C@@H](CS)C(=O)[O-].[Hg+2]. The molecule has 0 aliphatic heterocycles. The molecule has 0 spiro atoms. The van der Waals surface area contributed by atoms with Gasteiger partial charge in [-0.05, 0) is 14.1 Å². The fourth-order valence-corrected chi connectivity index (χ4v) is 1.23. The molecule has 17 heavy (non-hydrogen) atoms. The molecule has 0 rings (SSSR count). The molecule has 0 bridgehead atoms. The van der Waals surface area contributed by atoms with E-state index >= 15 is 0 Å². The Kier molecular flexibility index (Phi) is 19.4. The van der Waals surface area contributed by atoms with E-state index in [1.54, 1.807) is 14.1 Å². The number of carboxylic acid groups (broad SMARTS) is 2. The Labute approximate surface area is 132 Å². The number of hydrogen-bond acceptors (Lipinski definition) is 8. The second-order valence-corrected chi connectivity index (χ2v) is 3.42. The van der Waals surface area contributed by atoms with Gasteiger partial charge in [0, 0.05) is 11.5 Å². The number of carboxylic acids is 2. The summed E-state index contributed by atoms with van der Waals surface area (Å²) < 4.78 is 0. The fourth-order valence-electron chi connectivity index (χ4n) is 0.567. The van der Waals surface area contributed by atoms with Gasteiger partial charge >= 0.3 is 27.7 Å². The van der Waals surface area contributed by atoms with E-state index in [4.69, 9.17) is 0 Å². The predicted molar refractivity (Wildman–Crippen MR) is 63.4 cm³/mol. The normalized spacial score (nSPS) is 12.5. The van der Waals surface area contributed by atoms with E-state index in [9.17, 15) is 19.8 Å². The summed E-state index contributed by atoms with van der Waals surface area (Å²) in [6, 6.07) is -1.25. The first-order chi connectivity index (χ1) is 7.44. The minimum Gasteiger partial charge on any atom is -0.548 e. The molecule has 0 aliphatic carbocycles. The van der Waals surface area contributed by atoms with Gasteiger partial charge in [0.05, 0.1) is 24.0 Å². The van der Waals surface area contributed by atoms with Crippen molar-refractivity contribution < 1.29 is 47.5 Å². The first-order valence-corrected chi connectivity index (χ1v) is 5.69. The summed E-state index contributed by atoms with van der Waals surface area (Å²) in [5, 5.41) is 24.9. The summed E-state index contributed by atoms with van der Waals surface area (Å²) in [7, 11) is 3.10. The number of rotatable bonds is 6. The van der Waals surface area contributed by atoms with Crippen molar-refractivity contribution in [3.05, 3.63) is 0 Å². The molecular formula is C8H16HgN2O4S2. The number of hydrogen-bond donors (Lipinski definition) is 4. The molecule has 0 fully saturated rings. The molecule has 0 saturated heterocycles. The third-order valence-electron chi connectivity index (χ3n) is 1.63. The Bertz CT molecular complexity index is 192. The van der Waals surface area contributed by atoms with Crippen LogP contribution in [0.15, 0.2) is 0 Å². The van der Waals surface area contributed by atoms with Gasteiger partial charge < -0.3 is 30.4 Å². The Morgan fingerprint density at radius 1 is 1.00 bits per heavy atom. The first kappa shape index (κ1) is 22.7. The van der Waals surface area contributed by atoms with Crippen LogP contribution in [0.1, 0.15) is 0 Å². The van der Waals surface area contributed by atoms with Crippen molar-refractivity contribution in [1.29, 1.82) is 0 Å². The molecule has 0 aromatic carbocycles. The third-order valence-corrected chi connectivity index (χ3v) is 2.36. The molecule has 6 nitrogen and oxygen atoms in total. The monoisotopic (exact) mass is 470 g/mol. The van der Waals surface area contributed by atoms with Gasteiger partial charge in [-0.3, -0.25) is 0 Å². The van der Waals surface area contributed by atoms with Gasteiger partial charge in [0.1, 0.15) is 0 Å². The van der Waals surface area contributed by atoms with Gasteiger partial charge in [0.15, 0.2) is 0 Å². The Morgan fingerprint density at radius 2 is 1.24 bits per heavy atom. The Hall–Kier alpha value is 0.495. The first-order valence-electron chi connectivity index (χ1n) is 4.42. The fraction of sp³-hybridized carbons (Fsp3) is 0.750. The van der Waals surface area contributed by atoms with Crippen molar-refractivity contribution >= 4 is 37.2 Å². The zero-order valence-electron chi connectivity index (χ0n) is 9.80. The molecule has 0 heterocycles. The van der Waals surface area contributed by atoms with Crippen molar-refractivity contribution in [1.82, 2.24) is 10.6 Å². The summed E-state index contributed by atoms with van der Waals surface area (Å²) in [6.45, 7) is 0. The molecule has 96 valence electrons. The molecule has 0 aromatic rings. The van der Waals surface area contributed by atoms with Crippen LogP contribution in [0.5, 0.6) is 0 Å². The maximum absolute atomic E-state index is 9.94. The zero-order valence-corrected chi connectivity index (χ0v) is 17.1. The molecule has 2 N–H and O–H groups in total. The van der Waals surface area contributed by atoms with Crippen LogP contribution in [0.4, 0.5) is 0 Å². The molecule has 2 atom stereocenters. The molecule has 0 aromatic heterocycles. The largest absolute Gasteiger partial charge is 2.00 e. The third kappa shape index (κ3) is 12.7. The van der Waals surface area contributed by atoms with Gasteiger partial charge in [0.25, 0.3) is 0 Å². The number of aliphatic carboxylic acids is 2. The van der Waals surface area contributed by atoms with Gasteiger partial charge in [-0.15, -0.1) is 0 Å². The maximum Gasteiger partial charge on any atom is 2.00 e. The molecule has 0 radical (unpaired) electrons. The molecule has 9 heteroatoms. The van der Waals surface area contributed by atoms with Crippen LogP contribution in [0, 0.1) is 0 Å². The van der Waals surface area contributed by atoms with Gasteiger partial charge in [0.2, 0.25) is 0 Å². The zero-order chi connectivity index (χ0) is 13.1. The number of thiol groups is 2. The Balaban J connectivity index is -0.000000218. The van der Waals surface area contributed by atoms with Crippen molar-refractivity contribution in [3.63, 3.8) is 0 Å². The van der Waals surface area contributed by atoms with E-state index in [1.807, 2.05) is 0 Å². The van der Waals surface area contributed by atoms with E-state index in [2.05, 4.69) is 35.9 Å². The molecule has 0 unspecified atom stereocenters. The minimum atomic E-state index is -1.11. The second kappa shape index (κ2) is 14.6. The molecular weight excluding hydrogens is 453 g/mol. The summed E-state index contributed by atoms with van der Waals surface area (Å²) in [5.41, 5.74) is 0. The van der Waals surface area contributed by atoms with Crippen LogP contribution in [0.25, 0.3) is 0 Å². The van der Waals surface area contributed by atoms with Crippen molar-refractivity contribution in [2.45, 2.75) is 12.1 Å². The molecule has 0 saturated carbocycles. The number of likely N-dealkylation sites (N-methyl/N-ethyl adjacent to an activating group) is 2. The van der Waals surface area contributed by atoms with Crippen LogP contribution in [0.3, 0.4) is 0 Å². The van der Waals surface area contributed by atoms with E-state index in [0.29, 0.717) is 0 Å². The van der Waals surface area contributed by atoms with Crippen molar-refractivity contribution in [3.8, 4) is 0 Å². The average Bonchev–Trinajstić information content (AvgIpc) is 2.21. The standard InChI is InChI=1S/2C4H9NO2S.Hg/c2*1-5-3(2-8)4(6)7;/h2*3,5,8H,2H2,1H3,(H,6,7);/q;;+2/p-2/t2*3-;/m00./s1. The predicted octanol–water partition coefficient (Wildman–Crippen LogP) is -3.49. The number of carbonyl (C=O) groups excluding carboxylic acids is 2. The van der Waals surface area contributed by atoms with Gasteiger partial charge in [-0.1, -0.05) is 0 Å². The summed E-state index contributed by atoms with van der Waals surface area (Å²) >= 11 is 7.50. The molecule has 0 aliphatic rings. The number of nitrogens with one attached hydrogen (secondary N) is 2. The maximum atomic E-state index is 9.94. The smallest absolute Gasteiger partial charge is 0.548 e. The topological polar surface area (TPSA) is 104 Å². The van der Waals surface area contributed by atoms with Crippen LogP contribution < -0.4 is 20.8 Å². The summed E-state index contributed by atoms with van der Waals surface area (Å²) in [5.74, 6) is -1.69. The minimum absolute atomic E-state index is 0. The van der Waals surface area contributed by atoms with Gasteiger partial charge in [-0.25, -0.2) is 0 Å². The van der Waals surface area contributed by atoms with E-state index in [1.165, 1.54) is 0 Å². The quantitative estimate of drug-likeness (QED) is 0.238. The van der Waals surface area contributed by atoms with Crippen LogP contribution in [0.2, 0.25) is 0 Å². The number of carbonyl (C=O) groups is 2. The van der Waals surface area contributed by atoms with E-state index in [0.717, 1.165) is 0 Å². The van der Waals surface area contributed by atoms with Crippen molar-refractivity contribution in [2.24, 2.45) is 0 Å². The molecule has 0 amide bonds. The van der Waals surface area contributed by atoms with E-state index < -0.39 is 24.0 Å². The Morgan fingerprint density at radius 3 is 1.24 bits per heavy atom.